The van der Waals surface area contributed by atoms with Crippen LogP contribution in [0.3, 0.4) is 0 Å². The number of piperazine rings is 1. The zero-order valence-electron chi connectivity index (χ0n) is 18.9. The van der Waals surface area contributed by atoms with Gasteiger partial charge < -0.3 is 14.4 Å². The maximum absolute atomic E-state index is 15.2. The molecule has 0 bridgehead atoms. The maximum atomic E-state index is 15.2. The first kappa shape index (κ1) is 22.2. The number of likely N-dealkylation sites (N-methyl/N-ethyl adjacent to an activating group) is 1. The maximum Gasteiger partial charge on any atom is 0.192 e. The Bertz CT molecular complexity index is 1240. The number of hydrogen-bond donors (Lipinski definition) is 0. The van der Waals surface area contributed by atoms with E-state index in [4.69, 9.17) is 11.6 Å². The highest BCUT2D eigenvalue weighted by atomic mass is 35.5. The monoisotopic (exact) mass is 465 g/mol. The van der Waals surface area contributed by atoms with Gasteiger partial charge in [0, 0.05) is 54.4 Å². The summed E-state index contributed by atoms with van der Waals surface area (Å²) in [6.45, 7) is 6.65. The summed E-state index contributed by atoms with van der Waals surface area (Å²) in [5.41, 5.74) is 3.11. The fourth-order valence-corrected chi connectivity index (χ4v) is 4.78. The van der Waals surface area contributed by atoms with Gasteiger partial charge in [0.2, 0.25) is 0 Å². The summed E-state index contributed by atoms with van der Waals surface area (Å²) >= 11 is 5.95. The highest BCUT2D eigenvalue weighted by Gasteiger charge is 2.27. The molecular formula is C27H29ClFN3O. The summed E-state index contributed by atoms with van der Waals surface area (Å²) in [7, 11) is 0. The molecule has 172 valence electrons. The molecule has 2 heterocycles. The Kier molecular flexibility index (Phi) is 6.26. The summed E-state index contributed by atoms with van der Waals surface area (Å²) in [6, 6.07) is 11.3. The topological polar surface area (TPSA) is 28.5 Å². The predicted octanol–water partition coefficient (Wildman–Crippen LogP) is 5.53. The van der Waals surface area contributed by atoms with Gasteiger partial charge in [-0.15, -0.1) is 0 Å². The molecule has 0 spiro atoms. The minimum Gasteiger partial charge on any atom is -0.367 e. The third kappa shape index (κ3) is 4.71. The summed E-state index contributed by atoms with van der Waals surface area (Å²) in [5, 5.41) is 1.18. The minimum absolute atomic E-state index is 0.0797. The van der Waals surface area contributed by atoms with Crippen LogP contribution in [-0.2, 0) is 6.42 Å². The average molecular weight is 466 g/mol. The van der Waals surface area contributed by atoms with Gasteiger partial charge in [-0.25, -0.2) is 4.39 Å². The quantitative estimate of drug-likeness (QED) is 0.479. The molecule has 1 saturated carbocycles. The zero-order chi connectivity index (χ0) is 22.9. The van der Waals surface area contributed by atoms with Gasteiger partial charge in [0.15, 0.2) is 5.43 Å². The smallest absolute Gasteiger partial charge is 0.192 e. The van der Waals surface area contributed by atoms with Crippen LogP contribution in [0, 0.1) is 5.82 Å². The Labute approximate surface area is 198 Å². The summed E-state index contributed by atoms with van der Waals surface area (Å²) in [5.74, 6) is -0.305. The van der Waals surface area contributed by atoms with Crippen LogP contribution in [-0.4, -0.2) is 42.2 Å². The highest BCUT2D eigenvalue weighted by Crippen LogP contribution is 2.38. The Morgan fingerprint density at radius 2 is 1.82 bits per heavy atom. The van der Waals surface area contributed by atoms with Crippen molar-refractivity contribution >= 4 is 34.3 Å². The van der Waals surface area contributed by atoms with Crippen molar-refractivity contribution in [1.29, 1.82) is 0 Å². The molecule has 0 N–H and O–H groups in total. The number of hydrogen-bond acceptors (Lipinski definition) is 3. The molecule has 5 rings (SSSR count). The molecule has 33 heavy (non-hydrogen) atoms. The standard InChI is InChI=1S/C27H29ClFN3O/c1-2-30-12-14-31(15-13-30)26-17-25-23(16-24(26)29)27(33)20(18-32(25)22-10-11-22)5-3-4-19-6-8-21(28)9-7-19/h3-4,6-9,16-18,22H,2,5,10-15H2,1H3. The van der Waals surface area contributed by atoms with Gasteiger partial charge in [0.05, 0.1) is 11.2 Å². The molecule has 3 aromatic rings. The average Bonchev–Trinajstić information content (AvgIpc) is 3.67. The zero-order valence-corrected chi connectivity index (χ0v) is 19.7. The second-order valence-corrected chi connectivity index (χ2v) is 9.46. The first-order chi connectivity index (χ1) is 16.0. The fraction of sp³-hybridized carbons (Fsp3) is 0.370. The molecule has 2 aromatic carbocycles. The number of aromatic nitrogens is 1. The van der Waals surface area contributed by atoms with E-state index in [1.165, 1.54) is 6.07 Å². The van der Waals surface area contributed by atoms with Crippen molar-refractivity contribution in [2.24, 2.45) is 0 Å². The SMILES string of the molecule is CCN1CCN(c2cc3c(cc2F)c(=O)c(CC=Cc2ccc(Cl)cc2)cn3C2CC2)CC1. The van der Waals surface area contributed by atoms with Gasteiger partial charge in [-0.05, 0) is 55.6 Å². The van der Waals surface area contributed by atoms with E-state index in [1.807, 2.05) is 48.7 Å². The lowest BCUT2D eigenvalue weighted by atomic mass is 10.1. The Morgan fingerprint density at radius 3 is 2.48 bits per heavy atom. The van der Waals surface area contributed by atoms with Crippen LogP contribution < -0.4 is 10.3 Å². The van der Waals surface area contributed by atoms with Crippen LogP contribution in [0.15, 0.2) is 53.5 Å². The molecule has 0 radical (unpaired) electrons. The number of benzene rings is 2. The van der Waals surface area contributed by atoms with Crippen molar-refractivity contribution in [3.05, 3.63) is 80.9 Å². The van der Waals surface area contributed by atoms with E-state index < -0.39 is 0 Å². The number of halogens is 2. The number of fused-ring (bicyclic) bond motifs is 1. The molecule has 2 aliphatic rings. The van der Waals surface area contributed by atoms with Gasteiger partial charge in [0.25, 0.3) is 0 Å². The first-order valence-electron chi connectivity index (χ1n) is 11.8. The fourth-order valence-electron chi connectivity index (χ4n) is 4.66. The number of pyridine rings is 1. The van der Waals surface area contributed by atoms with Crippen molar-refractivity contribution in [3.8, 4) is 0 Å². The Balaban J connectivity index is 1.48. The Morgan fingerprint density at radius 1 is 1.09 bits per heavy atom. The molecule has 0 unspecified atom stereocenters. The number of allylic oxidation sites excluding steroid dienone is 1. The summed E-state index contributed by atoms with van der Waals surface area (Å²) in [6.07, 6.45) is 8.67. The molecule has 1 aliphatic heterocycles. The van der Waals surface area contributed by atoms with E-state index in [-0.39, 0.29) is 11.2 Å². The third-order valence-electron chi connectivity index (χ3n) is 6.79. The predicted molar refractivity (Wildman–Crippen MR) is 135 cm³/mol. The van der Waals surface area contributed by atoms with Crippen molar-refractivity contribution < 1.29 is 4.39 Å². The molecule has 6 heteroatoms. The second-order valence-electron chi connectivity index (χ2n) is 9.02. The lowest BCUT2D eigenvalue weighted by Gasteiger charge is -2.35. The van der Waals surface area contributed by atoms with Crippen molar-refractivity contribution in [2.45, 2.75) is 32.2 Å². The normalized spacial score (nSPS) is 17.4. The molecule has 0 amide bonds. The van der Waals surface area contributed by atoms with Gasteiger partial charge in [-0.1, -0.05) is 42.8 Å². The lowest BCUT2D eigenvalue weighted by Crippen LogP contribution is -2.46. The molecule has 1 saturated heterocycles. The van der Waals surface area contributed by atoms with E-state index in [1.54, 1.807) is 0 Å². The van der Waals surface area contributed by atoms with E-state index in [2.05, 4.69) is 21.3 Å². The number of nitrogens with zero attached hydrogens (tertiary/aromatic N) is 3. The molecule has 1 aromatic heterocycles. The van der Waals surface area contributed by atoms with Crippen LogP contribution in [0.2, 0.25) is 5.02 Å². The van der Waals surface area contributed by atoms with E-state index >= 15 is 4.39 Å². The summed E-state index contributed by atoms with van der Waals surface area (Å²) < 4.78 is 17.4. The van der Waals surface area contributed by atoms with Crippen LogP contribution in [0.25, 0.3) is 17.0 Å². The van der Waals surface area contributed by atoms with E-state index in [9.17, 15) is 4.79 Å². The lowest BCUT2D eigenvalue weighted by molar-refractivity contribution is 0.270. The molecule has 0 atom stereocenters. The Hall–Kier alpha value is -2.63. The van der Waals surface area contributed by atoms with Crippen LogP contribution in [0.1, 0.15) is 36.9 Å². The number of anilines is 1. The number of rotatable bonds is 6. The van der Waals surface area contributed by atoms with Crippen LogP contribution in [0.5, 0.6) is 0 Å². The molecule has 4 nitrogen and oxygen atoms in total. The van der Waals surface area contributed by atoms with Crippen LogP contribution in [0.4, 0.5) is 10.1 Å². The van der Waals surface area contributed by atoms with Crippen molar-refractivity contribution in [1.82, 2.24) is 9.47 Å². The molecule has 1 aliphatic carbocycles. The van der Waals surface area contributed by atoms with E-state index in [0.29, 0.717) is 34.1 Å². The highest BCUT2D eigenvalue weighted by molar-refractivity contribution is 6.30. The second kappa shape index (κ2) is 9.32. The first-order valence-corrected chi connectivity index (χ1v) is 12.2. The summed E-state index contributed by atoms with van der Waals surface area (Å²) in [4.78, 5) is 17.8. The largest absolute Gasteiger partial charge is 0.367 e. The minimum atomic E-state index is -0.305. The van der Waals surface area contributed by atoms with E-state index in [0.717, 1.165) is 56.6 Å². The van der Waals surface area contributed by atoms with Crippen molar-refractivity contribution in [2.75, 3.05) is 37.6 Å². The van der Waals surface area contributed by atoms with Gasteiger partial charge >= 0.3 is 0 Å². The van der Waals surface area contributed by atoms with Gasteiger partial charge in [0.1, 0.15) is 5.82 Å². The van der Waals surface area contributed by atoms with Crippen molar-refractivity contribution in [3.63, 3.8) is 0 Å². The third-order valence-corrected chi connectivity index (χ3v) is 7.05. The molecular weight excluding hydrogens is 437 g/mol. The van der Waals surface area contributed by atoms with Gasteiger partial charge in [-0.3, -0.25) is 4.79 Å². The molecule has 2 fully saturated rings. The van der Waals surface area contributed by atoms with Gasteiger partial charge in [-0.2, -0.15) is 0 Å². The van der Waals surface area contributed by atoms with Crippen LogP contribution >= 0.6 is 11.6 Å².